The van der Waals surface area contributed by atoms with Crippen molar-refractivity contribution >= 4 is 35.8 Å². The van der Waals surface area contributed by atoms with Gasteiger partial charge >= 0.3 is 0 Å². The van der Waals surface area contributed by atoms with Crippen LogP contribution in [-0.2, 0) is 11.3 Å². The van der Waals surface area contributed by atoms with Crippen LogP contribution >= 0.6 is 24.0 Å². The Morgan fingerprint density at radius 2 is 1.73 bits per heavy atom. The van der Waals surface area contributed by atoms with E-state index in [1.165, 1.54) is 12.1 Å². The third-order valence-corrected chi connectivity index (χ3v) is 4.62. The Kier molecular flexibility index (Phi) is 8.72. The number of aliphatic imine (C=N–C) groups is 1. The molecule has 5 nitrogen and oxygen atoms in total. The summed E-state index contributed by atoms with van der Waals surface area (Å²) in [5, 5.41) is 6.22. The molecule has 2 N–H and O–H groups in total. The van der Waals surface area contributed by atoms with Crippen molar-refractivity contribution in [3.8, 4) is 0 Å². The SMILES string of the molecule is CN=C(NCc1cc(F)cc(F)c1)NCC1(C(=O)N(C)C)CCCC1.I. The fraction of sp³-hybridized carbons (Fsp3) is 0.556. The average Bonchev–Trinajstić information content (AvgIpc) is 3.03. The molecule has 8 heteroatoms. The first-order valence-electron chi connectivity index (χ1n) is 8.47. The zero-order chi connectivity index (χ0) is 18.4. The molecule has 26 heavy (non-hydrogen) atoms. The highest BCUT2D eigenvalue weighted by Crippen LogP contribution is 2.38. The number of benzene rings is 1. The zero-order valence-corrected chi connectivity index (χ0v) is 17.8. The van der Waals surface area contributed by atoms with Crippen LogP contribution in [0.3, 0.4) is 0 Å². The van der Waals surface area contributed by atoms with Crippen LogP contribution in [0.15, 0.2) is 23.2 Å². The summed E-state index contributed by atoms with van der Waals surface area (Å²) in [4.78, 5) is 18.3. The molecule has 1 saturated carbocycles. The van der Waals surface area contributed by atoms with Gasteiger partial charge in [-0.3, -0.25) is 9.79 Å². The molecular formula is C18H27F2IN4O. The van der Waals surface area contributed by atoms with E-state index in [1.807, 2.05) is 0 Å². The van der Waals surface area contributed by atoms with Gasteiger partial charge in [0.1, 0.15) is 11.6 Å². The van der Waals surface area contributed by atoms with E-state index in [0.29, 0.717) is 18.1 Å². The molecule has 1 amide bonds. The van der Waals surface area contributed by atoms with E-state index in [1.54, 1.807) is 26.0 Å². The van der Waals surface area contributed by atoms with Crippen LogP contribution in [0.1, 0.15) is 31.2 Å². The number of hydrogen-bond acceptors (Lipinski definition) is 2. The van der Waals surface area contributed by atoms with E-state index >= 15 is 0 Å². The number of carbonyl (C=O) groups is 1. The largest absolute Gasteiger partial charge is 0.355 e. The fourth-order valence-electron chi connectivity index (χ4n) is 3.36. The van der Waals surface area contributed by atoms with Gasteiger partial charge in [-0.1, -0.05) is 12.8 Å². The van der Waals surface area contributed by atoms with E-state index in [2.05, 4.69) is 15.6 Å². The number of nitrogens with zero attached hydrogens (tertiary/aromatic N) is 2. The van der Waals surface area contributed by atoms with Crippen LogP contribution in [0.5, 0.6) is 0 Å². The first kappa shape index (κ1) is 22.6. The van der Waals surface area contributed by atoms with Crippen LogP contribution in [0.25, 0.3) is 0 Å². The summed E-state index contributed by atoms with van der Waals surface area (Å²) in [6.07, 6.45) is 3.78. The highest BCUT2D eigenvalue weighted by atomic mass is 127. The average molecular weight is 480 g/mol. The molecule has 1 aliphatic carbocycles. The van der Waals surface area contributed by atoms with Gasteiger partial charge in [0.05, 0.1) is 5.41 Å². The zero-order valence-electron chi connectivity index (χ0n) is 15.4. The minimum absolute atomic E-state index is 0. The van der Waals surface area contributed by atoms with Gasteiger partial charge in [0.25, 0.3) is 0 Å². The number of rotatable bonds is 5. The molecule has 1 aromatic carbocycles. The molecule has 0 bridgehead atoms. The molecule has 146 valence electrons. The van der Waals surface area contributed by atoms with E-state index in [-0.39, 0.29) is 36.4 Å². The third kappa shape index (κ3) is 5.78. The summed E-state index contributed by atoms with van der Waals surface area (Å²) in [6, 6.07) is 3.39. The summed E-state index contributed by atoms with van der Waals surface area (Å²) in [5.41, 5.74) is 0.0758. The Labute approximate surface area is 170 Å². The summed E-state index contributed by atoms with van der Waals surface area (Å²) in [7, 11) is 5.17. The van der Waals surface area contributed by atoms with E-state index in [9.17, 15) is 13.6 Å². The highest BCUT2D eigenvalue weighted by molar-refractivity contribution is 14.0. The molecule has 0 heterocycles. The molecule has 0 aromatic heterocycles. The standard InChI is InChI=1S/C18H26F2N4O.HI/c1-21-17(22-11-13-8-14(19)10-15(20)9-13)23-12-18(6-4-5-7-18)16(25)24(2)3;/h8-10H,4-7,11-12H2,1-3H3,(H2,21,22,23);1H. The van der Waals surface area contributed by atoms with E-state index in [0.717, 1.165) is 31.7 Å². The molecular weight excluding hydrogens is 453 g/mol. The lowest BCUT2D eigenvalue weighted by atomic mass is 9.84. The van der Waals surface area contributed by atoms with Crippen molar-refractivity contribution in [3.63, 3.8) is 0 Å². The fourth-order valence-corrected chi connectivity index (χ4v) is 3.36. The van der Waals surface area contributed by atoms with Crippen LogP contribution in [0.4, 0.5) is 8.78 Å². The molecule has 0 spiro atoms. The van der Waals surface area contributed by atoms with Crippen molar-refractivity contribution in [2.24, 2.45) is 10.4 Å². The maximum atomic E-state index is 13.2. The first-order chi connectivity index (χ1) is 11.9. The van der Waals surface area contributed by atoms with Gasteiger partial charge in [-0.15, -0.1) is 24.0 Å². The van der Waals surface area contributed by atoms with Gasteiger partial charge in [0.15, 0.2) is 5.96 Å². The molecule has 0 unspecified atom stereocenters. The van der Waals surface area contributed by atoms with E-state index in [4.69, 9.17) is 0 Å². The minimum atomic E-state index is -0.610. The van der Waals surface area contributed by atoms with Gasteiger partial charge in [0.2, 0.25) is 5.91 Å². The smallest absolute Gasteiger partial charge is 0.230 e. The minimum Gasteiger partial charge on any atom is -0.355 e. The van der Waals surface area contributed by atoms with Crippen molar-refractivity contribution in [3.05, 3.63) is 35.4 Å². The molecule has 0 atom stereocenters. The van der Waals surface area contributed by atoms with Crippen LogP contribution < -0.4 is 10.6 Å². The maximum Gasteiger partial charge on any atom is 0.230 e. The Morgan fingerprint density at radius 1 is 1.15 bits per heavy atom. The lowest BCUT2D eigenvalue weighted by Crippen LogP contribution is -2.49. The molecule has 0 aliphatic heterocycles. The monoisotopic (exact) mass is 480 g/mol. The lowest BCUT2D eigenvalue weighted by Gasteiger charge is -2.31. The Morgan fingerprint density at radius 3 is 2.23 bits per heavy atom. The Hall–Kier alpha value is -1.45. The normalized spacial score (nSPS) is 16.0. The second-order valence-corrected chi connectivity index (χ2v) is 6.74. The Bertz CT molecular complexity index is 626. The molecule has 1 aromatic rings. The van der Waals surface area contributed by atoms with Crippen molar-refractivity contribution < 1.29 is 13.6 Å². The lowest BCUT2D eigenvalue weighted by molar-refractivity contribution is -0.138. The van der Waals surface area contributed by atoms with Crippen LogP contribution in [0.2, 0.25) is 0 Å². The molecule has 0 saturated heterocycles. The third-order valence-electron chi connectivity index (χ3n) is 4.62. The predicted molar refractivity (Wildman–Crippen MR) is 110 cm³/mol. The van der Waals surface area contributed by atoms with Gasteiger partial charge in [-0.2, -0.15) is 0 Å². The van der Waals surface area contributed by atoms with Crippen molar-refractivity contribution in [1.29, 1.82) is 0 Å². The quantitative estimate of drug-likeness (QED) is 0.387. The summed E-state index contributed by atoms with van der Waals surface area (Å²) in [5.74, 6) is -0.592. The van der Waals surface area contributed by atoms with Gasteiger partial charge in [-0.05, 0) is 30.5 Å². The van der Waals surface area contributed by atoms with Crippen LogP contribution in [0, 0.1) is 17.0 Å². The van der Waals surface area contributed by atoms with Crippen molar-refractivity contribution in [1.82, 2.24) is 15.5 Å². The van der Waals surface area contributed by atoms with Crippen molar-refractivity contribution in [2.75, 3.05) is 27.7 Å². The molecule has 0 radical (unpaired) electrons. The maximum absolute atomic E-state index is 13.2. The molecule has 1 fully saturated rings. The first-order valence-corrected chi connectivity index (χ1v) is 8.47. The molecule has 2 rings (SSSR count). The highest BCUT2D eigenvalue weighted by Gasteiger charge is 2.42. The summed E-state index contributed by atoms with van der Waals surface area (Å²) in [6.45, 7) is 0.726. The molecule has 1 aliphatic rings. The second kappa shape index (κ2) is 10.0. The second-order valence-electron chi connectivity index (χ2n) is 6.74. The topological polar surface area (TPSA) is 56.7 Å². The van der Waals surface area contributed by atoms with Gasteiger partial charge < -0.3 is 15.5 Å². The predicted octanol–water partition coefficient (Wildman–Crippen LogP) is 2.90. The van der Waals surface area contributed by atoms with Gasteiger partial charge in [0, 0.05) is 40.3 Å². The number of guanidine groups is 1. The number of nitrogens with one attached hydrogen (secondary N) is 2. The summed E-state index contributed by atoms with van der Waals surface area (Å²) < 4.78 is 26.5. The van der Waals surface area contributed by atoms with Crippen LogP contribution in [-0.4, -0.2) is 44.5 Å². The van der Waals surface area contributed by atoms with E-state index < -0.39 is 17.0 Å². The Balaban J connectivity index is 0.00000338. The number of amides is 1. The number of hydrogen-bond donors (Lipinski definition) is 2. The summed E-state index contributed by atoms with van der Waals surface area (Å²) >= 11 is 0. The van der Waals surface area contributed by atoms with Gasteiger partial charge in [-0.25, -0.2) is 8.78 Å². The number of carbonyl (C=O) groups excluding carboxylic acids is 1. The van der Waals surface area contributed by atoms with Crippen molar-refractivity contribution in [2.45, 2.75) is 32.2 Å². The number of halogens is 3.